The molecular formula is C20H20FNO2. The number of nitrogens with one attached hydrogen (secondary N) is 1. The molecule has 124 valence electrons. The third kappa shape index (κ3) is 4.02. The molecule has 1 aromatic heterocycles. The summed E-state index contributed by atoms with van der Waals surface area (Å²) >= 11 is 0. The third-order valence-electron chi connectivity index (χ3n) is 3.97. The fourth-order valence-corrected chi connectivity index (χ4v) is 2.79. The molecule has 1 heterocycles. The number of aryl methyl sites for hydroxylation is 1. The average Bonchev–Trinajstić information content (AvgIpc) is 2.96. The number of amides is 1. The minimum Gasteiger partial charge on any atom is -0.461 e. The molecule has 1 N–H and O–H groups in total. The Labute approximate surface area is 140 Å². The molecule has 0 aliphatic rings. The van der Waals surface area contributed by atoms with Gasteiger partial charge in [-0.2, -0.15) is 0 Å². The van der Waals surface area contributed by atoms with Crippen LogP contribution in [0.4, 0.5) is 4.39 Å². The molecule has 0 unspecified atom stereocenters. The fraction of sp³-hybridized carbons (Fsp3) is 0.250. The van der Waals surface area contributed by atoms with Gasteiger partial charge in [0.2, 0.25) is 5.91 Å². The lowest BCUT2D eigenvalue weighted by atomic mass is 10.1. The SMILES string of the molecule is C[C@@H](Cc1cc2ccccc2o1)NC(=O)CCc1ccccc1F. The van der Waals surface area contributed by atoms with E-state index in [2.05, 4.69) is 5.32 Å². The van der Waals surface area contributed by atoms with E-state index in [0.717, 1.165) is 16.7 Å². The smallest absolute Gasteiger partial charge is 0.220 e. The molecule has 1 amide bonds. The highest BCUT2D eigenvalue weighted by molar-refractivity contribution is 5.78. The van der Waals surface area contributed by atoms with Gasteiger partial charge in [0.1, 0.15) is 17.2 Å². The Hall–Kier alpha value is -2.62. The summed E-state index contributed by atoms with van der Waals surface area (Å²) in [5.41, 5.74) is 1.42. The standard InChI is InChI=1S/C20H20FNO2/c1-14(12-17-13-16-7-3-5-9-19(16)24-17)22-20(23)11-10-15-6-2-4-8-18(15)21/h2-9,13-14H,10-12H2,1H3,(H,22,23)/t14-/m0/s1. The number of halogens is 1. The first-order valence-electron chi connectivity index (χ1n) is 8.12. The maximum Gasteiger partial charge on any atom is 0.220 e. The number of para-hydroxylation sites is 1. The summed E-state index contributed by atoms with van der Waals surface area (Å²) in [7, 11) is 0. The van der Waals surface area contributed by atoms with E-state index in [4.69, 9.17) is 4.42 Å². The molecule has 4 heteroatoms. The lowest BCUT2D eigenvalue weighted by molar-refractivity contribution is -0.121. The Bertz CT molecular complexity index is 807. The number of fused-ring (bicyclic) bond motifs is 1. The normalized spacial score (nSPS) is 12.2. The Morgan fingerprint density at radius 3 is 2.71 bits per heavy atom. The second kappa shape index (κ2) is 7.30. The van der Waals surface area contributed by atoms with Crippen molar-refractivity contribution in [1.29, 1.82) is 0 Å². The van der Waals surface area contributed by atoms with E-state index < -0.39 is 0 Å². The van der Waals surface area contributed by atoms with Crippen LogP contribution in [-0.2, 0) is 17.6 Å². The number of furan rings is 1. The first-order valence-corrected chi connectivity index (χ1v) is 8.12. The van der Waals surface area contributed by atoms with Crippen LogP contribution in [0.1, 0.15) is 24.7 Å². The van der Waals surface area contributed by atoms with Gasteiger partial charge in [0.05, 0.1) is 0 Å². The molecule has 0 radical (unpaired) electrons. The zero-order chi connectivity index (χ0) is 16.9. The minimum absolute atomic E-state index is 0.0429. The van der Waals surface area contributed by atoms with Gasteiger partial charge in [-0.05, 0) is 37.1 Å². The molecule has 2 aromatic carbocycles. The Morgan fingerprint density at radius 1 is 1.17 bits per heavy atom. The second-order valence-electron chi connectivity index (χ2n) is 6.01. The zero-order valence-corrected chi connectivity index (χ0v) is 13.6. The van der Waals surface area contributed by atoms with E-state index in [9.17, 15) is 9.18 Å². The van der Waals surface area contributed by atoms with Crippen molar-refractivity contribution in [2.45, 2.75) is 32.2 Å². The topological polar surface area (TPSA) is 42.2 Å². The highest BCUT2D eigenvalue weighted by Crippen LogP contribution is 2.19. The first-order chi connectivity index (χ1) is 11.6. The van der Waals surface area contributed by atoms with E-state index >= 15 is 0 Å². The Kier molecular flexibility index (Phi) is 4.94. The molecule has 0 bridgehead atoms. The molecule has 0 aliphatic carbocycles. The van der Waals surface area contributed by atoms with Crippen LogP contribution in [0.5, 0.6) is 0 Å². The fourth-order valence-electron chi connectivity index (χ4n) is 2.79. The molecule has 3 aromatic rings. The van der Waals surface area contributed by atoms with Gasteiger partial charge in [-0.1, -0.05) is 36.4 Å². The van der Waals surface area contributed by atoms with E-state index in [-0.39, 0.29) is 24.2 Å². The molecule has 1 atom stereocenters. The highest BCUT2D eigenvalue weighted by Gasteiger charge is 2.12. The average molecular weight is 325 g/mol. The molecular weight excluding hydrogens is 305 g/mol. The van der Waals surface area contributed by atoms with Crippen LogP contribution in [-0.4, -0.2) is 11.9 Å². The van der Waals surface area contributed by atoms with E-state index in [1.54, 1.807) is 18.2 Å². The first kappa shape index (κ1) is 16.2. The maximum absolute atomic E-state index is 13.5. The highest BCUT2D eigenvalue weighted by atomic mass is 19.1. The van der Waals surface area contributed by atoms with Crippen LogP contribution in [0.25, 0.3) is 11.0 Å². The van der Waals surface area contributed by atoms with Crippen molar-refractivity contribution in [3.05, 3.63) is 71.7 Å². The van der Waals surface area contributed by atoms with Gasteiger partial charge in [0.25, 0.3) is 0 Å². The minimum atomic E-state index is -0.263. The number of carbonyl (C=O) groups is 1. The van der Waals surface area contributed by atoms with Crippen molar-refractivity contribution >= 4 is 16.9 Å². The van der Waals surface area contributed by atoms with Gasteiger partial charge in [0.15, 0.2) is 0 Å². The van der Waals surface area contributed by atoms with Crippen molar-refractivity contribution in [3.8, 4) is 0 Å². The third-order valence-corrected chi connectivity index (χ3v) is 3.97. The van der Waals surface area contributed by atoms with Gasteiger partial charge in [0, 0.05) is 24.3 Å². The molecule has 0 spiro atoms. The number of hydrogen-bond donors (Lipinski definition) is 1. The van der Waals surface area contributed by atoms with E-state index in [1.807, 2.05) is 37.3 Å². The summed E-state index contributed by atoms with van der Waals surface area (Å²) < 4.78 is 19.3. The van der Waals surface area contributed by atoms with Gasteiger partial charge in [-0.25, -0.2) is 4.39 Å². The maximum atomic E-state index is 13.5. The van der Waals surface area contributed by atoms with Gasteiger partial charge in [-0.3, -0.25) is 4.79 Å². The summed E-state index contributed by atoms with van der Waals surface area (Å²) in [5, 5.41) is 4.00. The Balaban J connectivity index is 1.51. The van der Waals surface area contributed by atoms with Crippen molar-refractivity contribution in [2.24, 2.45) is 0 Å². The predicted molar refractivity (Wildman–Crippen MR) is 92.2 cm³/mol. The number of rotatable bonds is 6. The number of carbonyl (C=O) groups excluding carboxylic acids is 1. The largest absolute Gasteiger partial charge is 0.461 e. The van der Waals surface area contributed by atoms with Crippen molar-refractivity contribution < 1.29 is 13.6 Å². The molecule has 0 saturated heterocycles. The predicted octanol–water partition coefficient (Wildman–Crippen LogP) is 4.25. The lowest BCUT2D eigenvalue weighted by Crippen LogP contribution is -2.34. The monoisotopic (exact) mass is 325 g/mol. The van der Waals surface area contributed by atoms with Crippen LogP contribution in [0.2, 0.25) is 0 Å². The van der Waals surface area contributed by atoms with Crippen LogP contribution < -0.4 is 5.32 Å². The van der Waals surface area contributed by atoms with Gasteiger partial charge >= 0.3 is 0 Å². The summed E-state index contributed by atoms with van der Waals surface area (Å²) in [5.74, 6) is 0.501. The molecule has 0 aliphatic heterocycles. The molecule has 3 rings (SSSR count). The molecule has 0 saturated carbocycles. The number of hydrogen-bond acceptors (Lipinski definition) is 2. The van der Waals surface area contributed by atoms with Crippen LogP contribution in [0.15, 0.2) is 59.0 Å². The molecule has 3 nitrogen and oxygen atoms in total. The van der Waals surface area contributed by atoms with E-state index in [1.165, 1.54) is 6.07 Å². The zero-order valence-electron chi connectivity index (χ0n) is 13.6. The quantitative estimate of drug-likeness (QED) is 0.736. The van der Waals surface area contributed by atoms with Gasteiger partial charge < -0.3 is 9.73 Å². The van der Waals surface area contributed by atoms with E-state index in [0.29, 0.717) is 18.4 Å². The summed E-state index contributed by atoms with van der Waals surface area (Å²) in [4.78, 5) is 12.0. The van der Waals surface area contributed by atoms with Gasteiger partial charge in [-0.15, -0.1) is 0 Å². The van der Waals surface area contributed by atoms with Crippen LogP contribution in [0, 0.1) is 5.82 Å². The molecule has 0 fully saturated rings. The van der Waals surface area contributed by atoms with Crippen molar-refractivity contribution in [3.63, 3.8) is 0 Å². The second-order valence-corrected chi connectivity index (χ2v) is 6.01. The van der Waals surface area contributed by atoms with Crippen molar-refractivity contribution in [2.75, 3.05) is 0 Å². The number of benzene rings is 2. The van der Waals surface area contributed by atoms with Crippen LogP contribution in [0.3, 0.4) is 0 Å². The van der Waals surface area contributed by atoms with Crippen LogP contribution >= 0.6 is 0 Å². The summed E-state index contributed by atoms with van der Waals surface area (Å²) in [6, 6.07) is 16.3. The van der Waals surface area contributed by atoms with Crippen molar-refractivity contribution in [1.82, 2.24) is 5.32 Å². The Morgan fingerprint density at radius 2 is 1.92 bits per heavy atom. The summed E-state index contributed by atoms with van der Waals surface area (Å²) in [6.07, 6.45) is 1.29. The molecule has 24 heavy (non-hydrogen) atoms. The lowest BCUT2D eigenvalue weighted by Gasteiger charge is -2.12. The summed E-state index contributed by atoms with van der Waals surface area (Å²) in [6.45, 7) is 1.94.